The average Bonchev–Trinajstić information content (AvgIpc) is 2.42. The maximum absolute atomic E-state index is 12.0. The van der Waals surface area contributed by atoms with Crippen molar-refractivity contribution < 1.29 is 9.90 Å². The lowest BCUT2D eigenvalue weighted by atomic mass is 9.85. The predicted molar refractivity (Wildman–Crippen MR) is 76.0 cm³/mol. The molecule has 0 spiro atoms. The number of aliphatic hydroxyl groups excluding tert-OH is 1. The Balaban J connectivity index is 2.48. The van der Waals surface area contributed by atoms with Crippen molar-refractivity contribution in [2.75, 3.05) is 34.3 Å². The van der Waals surface area contributed by atoms with E-state index in [4.69, 9.17) is 5.11 Å². The monoisotopic (exact) mass is 270 g/mol. The third-order valence-electron chi connectivity index (χ3n) is 3.43. The molecule has 110 valence electrons. The second-order valence-corrected chi connectivity index (χ2v) is 5.16. The molecular formula is C13H26N4O2. The van der Waals surface area contributed by atoms with Gasteiger partial charge in [0.2, 0.25) is 5.91 Å². The van der Waals surface area contributed by atoms with Crippen molar-refractivity contribution in [3.8, 4) is 0 Å². The molecule has 2 unspecified atom stereocenters. The molecule has 0 heterocycles. The zero-order valence-electron chi connectivity index (χ0n) is 12.1. The fourth-order valence-electron chi connectivity index (χ4n) is 2.47. The van der Waals surface area contributed by atoms with Gasteiger partial charge in [-0.3, -0.25) is 9.79 Å². The summed E-state index contributed by atoms with van der Waals surface area (Å²) < 4.78 is 0. The second kappa shape index (κ2) is 7.99. The Morgan fingerprint density at radius 2 is 2.16 bits per heavy atom. The van der Waals surface area contributed by atoms with E-state index in [2.05, 4.69) is 15.6 Å². The van der Waals surface area contributed by atoms with Crippen molar-refractivity contribution in [2.24, 2.45) is 10.9 Å². The molecule has 0 aromatic carbocycles. The first-order valence-electron chi connectivity index (χ1n) is 6.87. The lowest BCUT2D eigenvalue weighted by molar-refractivity contribution is -0.134. The molecule has 0 saturated heterocycles. The summed E-state index contributed by atoms with van der Waals surface area (Å²) in [6.07, 6.45) is 3.92. The molecule has 1 saturated carbocycles. The number of carbonyl (C=O) groups is 1. The summed E-state index contributed by atoms with van der Waals surface area (Å²) in [6, 6.07) is 0.271. The third-order valence-corrected chi connectivity index (χ3v) is 3.43. The minimum Gasteiger partial charge on any atom is -0.395 e. The minimum atomic E-state index is 0.0765. The number of rotatable bonds is 4. The van der Waals surface area contributed by atoms with Crippen LogP contribution in [0.5, 0.6) is 0 Å². The van der Waals surface area contributed by atoms with Gasteiger partial charge in [0.25, 0.3) is 0 Å². The van der Waals surface area contributed by atoms with E-state index < -0.39 is 0 Å². The fourth-order valence-corrected chi connectivity index (χ4v) is 2.47. The van der Waals surface area contributed by atoms with Crippen molar-refractivity contribution in [3.05, 3.63) is 0 Å². The van der Waals surface area contributed by atoms with Crippen LogP contribution in [0.3, 0.4) is 0 Å². The first kappa shape index (κ1) is 15.8. The van der Waals surface area contributed by atoms with Crippen LogP contribution in [0.2, 0.25) is 0 Å². The molecule has 0 radical (unpaired) electrons. The summed E-state index contributed by atoms with van der Waals surface area (Å²) >= 11 is 0. The standard InChI is InChI=1S/C13H26N4O2/c1-14-13(15-7-8-18)16-11-6-4-5-10(9-11)12(19)17(2)3/h10-11,18H,4-9H2,1-3H3,(H2,14,15,16). The Morgan fingerprint density at radius 3 is 2.74 bits per heavy atom. The van der Waals surface area contributed by atoms with E-state index in [-0.39, 0.29) is 24.5 Å². The molecule has 6 heteroatoms. The van der Waals surface area contributed by atoms with Gasteiger partial charge in [-0.1, -0.05) is 6.42 Å². The zero-order valence-corrected chi connectivity index (χ0v) is 12.1. The molecule has 1 aliphatic carbocycles. The first-order chi connectivity index (χ1) is 9.08. The van der Waals surface area contributed by atoms with Crippen molar-refractivity contribution in [2.45, 2.75) is 31.7 Å². The van der Waals surface area contributed by atoms with E-state index in [1.807, 2.05) is 0 Å². The number of nitrogens with one attached hydrogen (secondary N) is 2. The molecule has 6 nitrogen and oxygen atoms in total. The van der Waals surface area contributed by atoms with Gasteiger partial charge in [0.05, 0.1) is 6.61 Å². The largest absolute Gasteiger partial charge is 0.395 e. The van der Waals surface area contributed by atoms with Gasteiger partial charge in [0.1, 0.15) is 0 Å². The van der Waals surface area contributed by atoms with Crippen LogP contribution in [0.15, 0.2) is 4.99 Å². The summed E-state index contributed by atoms with van der Waals surface area (Å²) in [7, 11) is 5.32. The molecule has 1 fully saturated rings. The summed E-state index contributed by atoms with van der Waals surface area (Å²) in [4.78, 5) is 17.8. The Bertz CT molecular complexity index is 318. The van der Waals surface area contributed by atoms with Gasteiger partial charge in [-0.2, -0.15) is 0 Å². The van der Waals surface area contributed by atoms with Gasteiger partial charge in [-0.05, 0) is 19.3 Å². The number of hydrogen-bond acceptors (Lipinski definition) is 3. The van der Waals surface area contributed by atoms with Crippen LogP contribution in [0.1, 0.15) is 25.7 Å². The topological polar surface area (TPSA) is 77.0 Å². The smallest absolute Gasteiger partial charge is 0.225 e. The number of guanidine groups is 1. The van der Waals surface area contributed by atoms with Crippen LogP contribution in [0.25, 0.3) is 0 Å². The SMILES string of the molecule is CN=C(NCCO)NC1CCCC(C(=O)N(C)C)C1. The molecule has 0 bridgehead atoms. The highest BCUT2D eigenvalue weighted by molar-refractivity contribution is 5.80. The highest BCUT2D eigenvalue weighted by Crippen LogP contribution is 2.25. The third kappa shape index (κ3) is 5.06. The van der Waals surface area contributed by atoms with Crippen molar-refractivity contribution in [3.63, 3.8) is 0 Å². The normalized spacial score (nSPS) is 23.9. The van der Waals surface area contributed by atoms with Gasteiger partial charge in [-0.15, -0.1) is 0 Å². The van der Waals surface area contributed by atoms with Crippen LogP contribution in [0.4, 0.5) is 0 Å². The molecule has 0 aromatic heterocycles. The summed E-state index contributed by atoms with van der Waals surface area (Å²) in [5, 5.41) is 15.1. The first-order valence-corrected chi connectivity index (χ1v) is 6.87. The molecular weight excluding hydrogens is 244 g/mol. The maximum atomic E-state index is 12.0. The van der Waals surface area contributed by atoms with Gasteiger partial charge in [-0.25, -0.2) is 0 Å². The molecule has 0 aliphatic heterocycles. The highest BCUT2D eigenvalue weighted by Gasteiger charge is 2.28. The molecule has 3 N–H and O–H groups in total. The lowest BCUT2D eigenvalue weighted by Gasteiger charge is -2.31. The number of aliphatic hydroxyl groups is 1. The lowest BCUT2D eigenvalue weighted by Crippen LogP contribution is -2.47. The van der Waals surface area contributed by atoms with E-state index in [1.165, 1.54) is 0 Å². The van der Waals surface area contributed by atoms with Crippen molar-refractivity contribution in [1.82, 2.24) is 15.5 Å². The molecule has 2 atom stereocenters. The van der Waals surface area contributed by atoms with Crippen LogP contribution in [-0.2, 0) is 4.79 Å². The van der Waals surface area contributed by atoms with E-state index in [0.717, 1.165) is 25.7 Å². The van der Waals surface area contributed by atoms with Gasteiger partial charge in [0, 0.05) is 39.6 Å². The van der Waals surface area contributed by atoms with E-state index in [9.17, 15) is 4.79 Å². The number of carbonyl (C=O) groups excluding carboxylic acids is 1. The van der Waals surface area contributed by atoms with E-state index >= 15 is 0 Å². The van der Waals surface area contributed by atoms with Crippen LogP contribution in [0, 0.1) is 5.92 Å². The molecule has 1 aliphatic rings. The number of nitrogens with zero attached hydrogens (tertiary/aromatic N) is 2. The van der Waals surface area contributed by atoms with Gasteiger partial charge < -0.3 is 20.6 Å². The quantitative estimate of drug-likeness (QED) is 0.488. The van der Waals surface area contributed by atoms with Crippen molar-refractivity contribution in [1.29, 1.82) is 0 Å². The van der Waals surface area contributed by atoms with Crippen molar-refractivity contribution >= 4 is 11.9 Å². The van der Waals surface area contributed by atoms with Gasteiger partial charge >= 0.3 is 0 Å². The van der Waals surface area contributed by atoms with Crippen LogP contribution in [-0.4, -0.2) is 62.2 Å². The second-order valence-electron chi connectivity index (χ2n) is 5.16. The number of hydrogen-bond donors (Lipinski definition) is 3. The highest BCUT2D eigenvalue weighted by atomic mass is 16.3. The fraction of sp³-hybridized carbons (Fsp3) is 0.846. The molecule has 1 amide bonds. The Morgan fingerprint density at radius 1 is 1.42 bits per heavy atom. The summed E-state index contributed by atoms with van der Waals surface area (Å²) in [6.45, 7) is 0.555. The van der Waals surface area contributed by atoms with Crippen LogP contribution < -0.4 is 10.6 Å². The summed E-state index contributed by atoms with van der Waals surface area (Å²) in [5.41, 5.74) is 0. The Hall–Kier alpha value is -1.30. The number of aliphatic imine (C=N–C) groups is 1. The maximum Gasteiger partial charge on any atom is 0.225 e. The molecule has 1 rings (SSSR count). The molecule has 19 heavy (non-hydrogen) atoms. The predicted octanol–water partition coefficient (Wildman–Crippen LogP) is -0.209. The van der Waals surface area contributed by atoms with E-state index in [0.29, 0.717) is 12.5 Å². The van der Waals surface area contributed by atoms with E-state index in [1.54, 1.807) is 26.0 Å². The Kier molecular flexibility index (Phi) is 6.62. The summed E-state index contributed by atoms with van der Waals surface area (Å²) in [5.74, 6) is 1.01. The molecule has 0 aromatic rings. The van der Waals surface area contributed by atoms with Crippen LogP contribution >= 0.6 is 0 Å². The zero-order chi connectivity index (χ0) is 14.3. The minimum absolute atomic E-state index is 0.0765. The Labute approximate surface area is 115 Å². The van der Waals surface area contributed by atoms with Gasteiger partial charge in [0.15, 0.2) is 5.96 Å². The average molecular weight is 270 g/mol. The number of amides is 1.